The van der Waals surface area contributed by atoms with Crippen LogP contribution in [0.5, 0.6) is 0 Å². The molecule has 1 unspecified atom stereocenters. The van der Waals surface area contributed by atoms with E-state index in [1.807, 2.05) is 18.2 Å². The predicted molar refractivity (Wildman–Crippen MR) is 72.3 cm³/mol. The number of carbonyl (C=O) groups excluding carboxylic acids is 1. The van der Waals surface area contributed by atoms with Gasteiger partial charge in [-0.3, -0.25) is 9.78 Å². The number of carboxylic acid groups (broad SMARTS) is 1. The molecule has 0 radical (unpaired) electrons. The van der Waals surface area contributed by atoms with Gasteiger partial charge in [-0.15, -0.1) is 0 Å². The SMILES string of the molecule is O=C(NCCC(O)C(=O)O)c1nccc2ccccc12. The summed E-state index contributed by atoms with van der Waals surface area (Å²) < 4.78 is 0. The van der Waals surface area contributed by atoms with E-state index in [0.29, 0.717) is 0 Å². The van der Waals surface area contributed by atoms with Crippen LogP contribution < -0.4 is 5.32 Å². The Morgan fingerprint density at radius 3 is 2.75 bits per heavy atom. The number of amides is 1. The number of fused-ring (bicyclic) bond motifs is 1. The summed E-state index contributed by atoms with van der Waals surface area (Å²) >= 11 is 0. The molecule has 104 valence electrons. The molecule has 0 bridgehead atoms. The fourth-order valence-electron chi connectivity index (χ4n) is 1.83. The number of nitrogens with one attached hydrogen (secondary N) is 1. The molecule has 1 atom stereocenters. The van der Waals surface area contributed by atoms with E-state index in [0.717, 1.165) is 10.8 Å². The molecule has 6 nitrogen and oxygen atoms in total. The van der Waals surface area contributed by atoms with E-state index in [-0.39, 0.29) is 24.6 Å². The van der Waals surface area contributed by atoms with E-state index < -0.39 is 12.1 Å². The van der Waals surface area contributed by atoms with Crippen molar-refractivity contribution in [2.24, 2.45) is 0 Å². The van der Waals surface area contributed by atoms with Crippen LogP contribution in [0.1, 0.15) is 16.9 Å². The first-order chi connectivity index (χ1) is 9.59. The van der Waals surface area contributed by atoms with Crippen LogP contribution in [0.25, 0.3) is 10.8 Å². The van der Waals surface area contributed by atoms with Crippen molar-refractivity contribution >= 4 is 22.6 Å². The first-order valence-electron chi connectivity index (χ1n) is 6.12. The van der Waals surface area contributed by atoms with Gasteiger partial charge in [0.15, 0.2) is 6.10 Å². The van der Waals surface area contributed by atoms with Gasteiger partial charge in [0, 0.05) is 24.5 Å². The van der Waals surface area contributed by atoms with E-state index in [1.165, 1.54) is 0 Å². The average Bonchev–Trinajstić information content (AvgIpc) is 2.46. The fraction of sp³-hybridized carbons (Fsp3) is 0.214. The molecule has 0 saturated carbocycles. The Kier molecular flexibility index (Phi) is 4.27. The van der Waals surface area contributed by atoms with Crippen LogP contribution in [0, 0.1) is 0 Å². The number of pyridine rings is 1. The molecule has 0 aliphatic carbocycles. The van der Waals surface area contributed by atoms with Gasteiger partial charge in [0.25, 0.3) is 5.91 Å². The Labute approximate surface area is 115 Å². The second-order valence-corrected chi connectivity index (χ2v) is 4.28. The summed E-state index contributed by atoms with van der Waals surface area (Å²) in [6.45, 7) is 0.0667. The Morgan fingerprint density at radius 1 is 1.25 bits per heavy atom. The van der Waals surface area contributed by atoms with Gasteiger partial charge in [-0.05, 0) is 11.5 Å². The highest BCUT2D eigenvalue weighted by molar-refractivity contribution is 6.05. The Morgan fingerprint density at radius 2 is 2.00 bits per heavy atom. The zero-order valence-electron chi connectivity index (χ0n) is 10.6. The summed E-state index contributed by atoms with van der Waals surface area (Å²) in [5, 5.41) is 21.8. The molecule has 0 saturated heterocycles. The van der Waals surface area contributed by atoms with Crippen LogP contribution in [0.2, 0.25) is 0 Å². The Bertz CT molecular complexity index is 637. The first kappa shape index (κ1) is 14.0. The van der Waals surface area contributed by atoms with Crippen molar-refractivity contribution in [1.29, 1.82) is 0 Å². The van der Waals surface area contributed by atoms with E-state index in [1.54, 1.807) is 18.3 Å². The van der Waals surface area contributed by atoms with Gasteiger partial charge in [0.1, 0.15) is 5.69 Å². The van der Waals surface area contributed by atoms with Gasteiger partial charge in [-0.1, -0.05) is 24.3 Å². The topological polar surface area (TPSA) is 99.5 Å². The van der Waals surface area contributed by atoms with Gasteiger partial charge in [0.2, 0.25) is 0 Å². The third-order valence-electron chi connectivity index (χ3n) is 2.88. The minimum Gasteiger partial charge on any atom is -0.479 e. The van der Waals surface area contributed by atoms with Crippen LogP contribution in [0.4, 0.5) is 0 Å². The second-order valence-electron chi connectivity index (χ2n) is 4.28. The number of nitrogens with zero attached hydrogens (tertiary/aromatic N) is 1. The van der Waals surface area contributed by atoms with Crippen molar-refractivity contribution in [1.82, 2.24) is 10.3 Å². The van der Waals surface area contributed by atoms with Gasteiger partial charge in [-0.25, -0.2) is 4.79 Å². The molecule has 1 aromatic heterocycles. The third-order valence-corrected chi connectivity index (χ3v) is 2.88. The zero-order chi connectivity index (χ0) is 14.5. The summed E-state index contributed by atoms with van der Waals surface area (Å²) in [5.41, 5.74) is 0.285. The van der Waals surface area contributed by atoms with Crippen LogP contribution in [0.15, 0.2) is 36.5 Å². The number of aliphatic hydroxyl groups is 1. The number of rotatable bonds is 5. The summed E-state index contributed by atoms with van der Waals surface area (Å²) in [4.78, 5) is 26.5. The summed E-state index contributed by atoms with van der Waals surface area (Å²) in [5.74, 6) is -1.69. The molecule has 2 aromatic rings. The van der Waals surface area contributed by atoms with E-state index in [2.05, 4.69) is 10.3 Å². The molecule has 1 amide bonds. The normalized spacial score (nSPS) is 12.1. The lowest BCUT2D eigenvalue weighted by molar-refractivity contribution is -0.146. The number of benzene rings is 1. The zero-order valence-corrected chi connectivity index (χ0v) is 10.6. The van der Waals surface area contributed by atoms with Crippen LogP contribution in [0.3, 0.4) is 0 Å². The number of carboxylic acids is 1. The van der Waals surface area contributed by atoms with Crippen LogP contribution in [-0.2, 0) is 4.79 Å². The van der Waals surface area contributed by atoms with Crippen molar-refractivity contribution in [2.45, 2.75) is 12.5 Å². The monoisotopic (exact) mass is 274 g/mol. The lowest BCUT2D eigenvalue weighted by Crippen LogP contribution is -2.30. The van der Waals surface area contributed by atoms with Crippen molar-refractivity contribution in [3.05, 3.63) is 42.2 Å². The van der Waals surface area contributed by atoms with E-state index >= 15 is 0 Å². The first-order valence-corrected chi connectivity index (χ1v) is 6.12. The molecule has 2 rings (SSSR count). The lowest BCUT2D eigenvalue weighted by atomic mass is 10.1. The largest absolute Gasteiger partial charge is 0.479 e. The van der Waals surface area contributed by atoms with Crippen LogP contribution >= 0.6 is 0 Å². The smallest absolute Gasteiger partial charge is 0.332 e. The minimum absolute atomic E-state index is 0.0498. The number of aromatic nitrogens is 1. The highest BCUT2D eigenvalue weighted by Crippen LogP contribution is 2.15. The number of aliphatic carboxylic acids is 1. The van der Waals surface area contributed by atoms with Crippen molar-refractivity contribution in [3.8, 4) is 0 Å². The minimum atomic E-state index is -1.48. The maximum absolute atomic E-state index is 12.0. The van der Waals surface area contributed by atoms with E-state index in [4.69, 9.17) is 10.2 Å². The summed E-state index contributed by atoms with van der Waals surface area (Å²) in [7, 11) is 0. The van der Waals surface area contributed by atoms with Gasteiger partial charge >= 0.3 is 5.97 Å². The molecule has 1 aromatic carbocycles. The standard InChI is InChI=1S/C14H14N2O4/c17-11(14(19)20)6-8-16-13(18)12-10-4-2-1-3-9(10)5-7-15-12/h1-5,7,11,17H,6,8H2,(H,16,18)(H,19,20). The molecule has 6 heteroatoms. The third kappa shape index (κ3) is 3.10. The Balaban J connectivity index is 2.06. The quantitative estimate of drug-likeness (QED) is 0.749. The molecule has 20 heavy (non-hydrogen) atoms. The lowest BCUT2D eigenvalue weighted by Gasteiger charge is -2.08. The predicted octanol–water partition coefficient (Wildman–Crippen LogP) is 0.800. The molecular weight excluding hydrogens is 260 g/mol. The molecular formula is C14H14N2O4. The number of carbonyl (C=O) groups is 2. The average molecular weight is 274 g/mol. The number of hydrogen-bond acceptors (Lipinski definition) is 4. The number of aliphatic hydroxyl groups excluding tert-OH is 1. The Hall–Kier alpha value is -2.47. The summed E-state index contributed by atoms with van der Waals surface area (Å²) in [6, 6.07) is 9.16. The van der Waals surface area contributed by atoms with Crippen molar-refractivity contribution < 1.29 is 19.8 Å². The van der Waals surface area contributed by atoms with Crippen LogP contribution in [-0.4, -0.2) is 39.7 Å². The van der Waals surface area contributed by atoms with E-state index in [9.17, 15) is 9.59 Å². The number of hydrogen-bond donors (Lipinski definition) is 3. The molecule has 0 fully saturated rings. The molecule has 1 heterocycles. The maximum atomic E-state index is 12.0. The van der Waals surface area contributed by atoms with Gasteiger partial charge < -0.3 is 15.5 Å². The molecule has 3 N–H and O–H groups in total. The maximum Gasteiger partial charge on any atom is 0.332 e. The molecule has 0 spiro atoms. The molecule has 0 aliphatic heterocycles. The van der Waals surface area contributed by atoms with Gasteiger partial charge in [0.05, 0.1) is 0 Å². The molecule has 0 aliphatic rings. The van der Waals surface area contributed by atoms with Gasteiger partial charge in [-0.2, -0.15) is 0 Å². The highest BCUT2D eigenvalue weighted by atomic mass is 16.4. The van der Waals surface area contributed by atoms with Crippen molar-refractivity contribution in [3.63, 3.8) is 0 Å². The summed E-state index contributed by atoms with van der Waals surface area (Å²) in [6.07, 6.45) is 0.0191. The second kappa shape index (κ2) is 6.12. The fourth-order valence-corrected chi connectivity index (χ4v) is 1.83. The highest BCUT2D eigenvalue weighted by Gasteiger charge is 2.15. The van der Waals surface area contributed by atoms with Crippen molar-refractivity contribution in [2.75, 3.05) is 6.54 Å².